The molecule has 55 heavy (non-hydrogen) atoms. The van der Waals surface area contributed by atoms with E-state index in [0.717, 1.165) is 63.0 Å². The maximum atomic E-state index is 13.5. The molecule has 3 rings (SSSR count). The molecular formula is C40H67N9O6. The molecule has 0 spiro atoms. The van der Waals surface area contributed by atoms with Crippen LogP contribution in [0.15, 0.2) is 30.5 Å². The maximum absolute atomic E-state index is 13.5. The number of rotatable bonds is 25. The van der Waals surface area contributed by atoms with Gasteiger partial charge in [0, 0.05) is 31.4 Å². The summed E-state index contributed by atoms with van der Waals surface area (Å²) in [4.78, 5) is 53.6. The summed E-state index contributed by atoms with van der Waals surface area (Å²) in [5.41, 5.74) is 7.76. The van der Waals surface area contributed by atoms with Crippen LogP contribution in [0.3, 0.4) is 0 Å². The molecule has 1 saturated heterocycles. The first-order valence-electron chi connectivity index (χ1n) is 20.1. The molecule has 1 fully saturated rings. The third-order valence-electron chi connectivity index (χ3n) is 9.62. The van der Waals surface area contributed by atoms with Gasteiger partial charge in [0.1, 0.15) is 12.1 Å². The highest BCUT2D eigenvalue weighted by molar-refractivity contribution is 5.98. The fraction of sp³-hybridized carbons (Fsp3) is 0.700. The average molecular weight is 770 g/mol. The van der Waals surface area contributed by atoms with Gasteiger partial charge in [-0.25, -0.2) is 9.48 Å². The van der Waals surface area contributed by atoms with Gasteiger partial charge in [0.15, 0.2) is 0 Å². The van der Waals surface area contributed by atoms with Crippen LogP contribution >= 0.6 is 0 Å². The largest absolute Gasteiger partial charge is 0.378 e. The summed E-state index contributed by atoms with van der Waals surface area (Å²) in [6, 6.07) is 4.95. The van der Waals surface area contributed by atoms with Crippen molar-refractivity contribution in [3.05, 3.63) is 41.7 Å². The first-order chi connectivity index (χ1) is 26.3. The number of anilines is 1. The molecule has 6 N–H and O–H groups in total. The molecule has 0 radical (unpaired) electrons. The third-order valence-corrected chi connectivity index (χ3v) is 9.62. The van der Waals surface area contributed by atoms with Crippen LogP contribution in [-0.4, -0.2) is 101 Å². The standard InChI is InChI=1S/C40H67N9O6/c1-28(2)25-34-26-49(47-46-34)22-24-54-23-21-48-19-16-31(17-20-48)9-7-11-36(50)45-37(29(3)4)39(52)44-35(10-8-18-42-40(41)53)38(51)43-33-14-12-32(13-15-33)27-55-30(5)6/h12-15,26,28-31,35,37H,7-11,16-25,27H2,1-6H3,(H,43,51)(H,44,52)(H,45,50)(H3,41,42,53)/t35-,37-/m0/s1. The number of hydrogen-bond donors (Lipinski definition) is 5. The number of aromatic nitrogens is 3. The maximum Gasteiger partial charge on any atom is 0.312 e. The molecule has 2 aromatic rings. The summed E-state index contributed by atoms with van der Waals surface area (Å²) < 4.78 is 13.4. The monoisotopic (exact) mass is 770 g/mol. The molecule has 15 nitrogen and oxygen atoms in total. The molecule has 2 heterocycles. The zero-order valence-corrected chi connectivity index (χ0v) is 34.0. The van der Waals surface area contributed by atoms with Gasteiger partial charge in [-0.3, -0.25) is 14.4 Å². The highest BCUT2D eigenvalue weighted by atomic mass is 16.5. The minimum absolute atomic E-state index is 0.102. The number of carbonyl (C=O) groups excluding carboxylic acids is 4. The van der Waals surface area contributed by atoms with Crippen LogP contribution in [0.4, 0.5) is 10.5 Å². The Morgan fingerprint density at radius 3 is 2.29 bits per heavy atom. The normalized spacial score (nSPS) is 14.9. The van der Waals surface area contributed by atoms with Crippen LogP contribution in [0, 0.1) is 17.8 Å². The molecule has 0 aliphatic carbocycles. The number of nitrogens with one attached hydrogen (secondary N) is 4. The lowest BCUT2D eigenvalue weighted by atomic mass is 9.91. The number of nitrogens with zero attached hydrogens (tertiary/aromatic N) is 4. The van der Waals surface area contributed by atoms with E-state index >= 15 is 0 Å². The molecule has 1 aromatic carbocycles. The number of benzene rings is 1. The van der Waals surface area contributed by atoms with Crippen molar-refractivity contribution in [2.45, 2.75) is 124 Å². The summed E-state index contributed by atoms with van der Waals surface area (Å²) in [7, 11) is 0. The van der Waals surface area contributed by atoms with Crippen LogP contribution in [-0.2, 0) is 43.4 Å². The van der Waals surface area contributed by atoms with Gasteiger partial charge in [-0.1, -0.05) is 45.0 Å². The topological polar surface area (TPSA) is 195 Å². The summed E-state index contributed by atoms with van der Waals surface area (Å²) in [6.45, 7) is 17.6. The van der Waals surface area contributed by atoms with E-state index in [1.807, 2.05) is 50.7 Å². The van der Waals surface area contributed by atoms with Crippen molar-refractivity contribution < 1.29 is 28.7 Å². The van der Waals surface area contributed by atoms with E-state index in [1.165, 1.54) is 0 Å². The number of nitrogens with two attached hydrogens (primary N) is 1. The van der Waals surface area contributed by atoms with Gasteiger partial charge in [-0.2, -0.15) is 0 Å². The SMILES string of the molecule is CC(C)Cc1cn(CCOCCN2CCC(CCCC(=O)N[C@H](C(=O)N[C@@H](CCCNC(N)=O)C(=O)Nc3ccc(COC(C)C)cc3)C(C)C)CC2)nn1. The number of likely N-dealkylation sites (tertiary alicyclic amines) is 1. The van der Waals surface area contributed by atoms with Crippen LogP contribution in [0.2, 0.25) is 0 Å². The Morgan fingerprint density at radius 1 is 0.927 bits per heavy atom. The van der Waals surface area contributed by atoms with Crippen molar-refractivity contribution in [2.75, 3.05) is 44.7 Å². The average Bonchev–Trinajstić information content (AvgIpc) is 3.57. The predicted molar refractivity (Wildman–Crippen MR) is 213 cm³/mol. The molecule has 308 valence electrons. The van der Waals surface area contributed by atoms with Crippen LogP contribution in [0.1, 0.15) is 97.7 Å². The molecule has 0 unspecified atom stereocenters. The smallest absolute Gasteiger partial charge is 0.312 e. The Bertz CT molecular complexity index is 1440. The van der Waals surface area contributed by atoms with Crippen molar-refractivity contribution in [3.8, 4) is 0 Å². The summed E-state index contributed by atoms with van der Waals surface area (Å²) >= 11 is 0. The number of primary amides is 1. The highest BCUT2D eigenvalue weighted by Gasteiger charge is 2.29. The van der Waals surface area contributed by atoms with Gasteiger partial charge in [0.2, 0.25) is 17.7 Å². The van der Waals surface area contributed by atoms with E-state index in [0.29, 0.717) is 56.7 Å². The lowest BCUT2D eigenvalue weighted by Gasteiger charge is -2.31. The van der Waals surface area contributed by atoms with Gasteiger partial charge in [-0.15, -0.1) is 5.10 Å². The first kappa shape index (κ1) is 45.3. The Balaban J connectivity index is 1.38. The number of amides is 5. The van der Waals surface area contributed by atoms with Crippen LogP contribution in [0.25, 0.3) is 0 Å². The number of piperidine rings is 1. The second-order valence-corrected chi connectivity index (χ2v) is 15.7. The van der Waals surface area contributed by atoms with Gasteiger partial charge < -0.3 is 41.4 Å². The number of hydrogen-bond acceptors (Lipinski definition) is 9. The Morgan fingerprint density at radius 2 is 1.64 bits per heavy atom. The highest BCUT2D eigenvalue weighted by Crippen LogP contribution is 2.22. The molecular weight excluding hydrogens is 702 g/mol. The van der Waals surface area contributed by atoms with Crippen molar-refractivity contribution in [3.63, 3.8) is 0 Å². The predicted octanol–water partition coefficient (Wildman–Crippen LogP) is 4.01. The molecule has 1 aromatic heterocycles. The summed E-state index contributed by atoms with van der Waals surface area (Å²) in [5, 5.41) is 19.6. The minimum Gasteiger partial charge on any atom is -0.378 e. The molecule has 1 aliphatic rings. The van der Waals surface area contributed by atoms with Crippen molar-refractivity contribution in [1.29, 1.82) is 0 Å². The fourth-order valence-electron chi connectivity index (χ4n) is 6.47. The van der Waals surface area contributed by atoms with Crippen LogP contribution in [0.5, 0.6) is 0 Å². The van der Waals surface area contributed by atoms with Gasteiger partial charge in [-0.05, 0) is 107 Å². The lowest BCUT2D eigenvalue weighted by Crippen LogP contribution is -2.54. The van der Waals surface area contributed by atoms with E-state index in [9.17, 15) is 19.2 Å². The molecule has 5 amide bonds. The Labute approximate surface area is 327 Å². The quantitative estimate of drug-likeness (QED) is 0.0928. The van der Waals surface area contributed by atoms with E-state index in [2.05, 4.69) is 50.3 Å². The van der Waals surface area contributed by atoms with Gasteiger partial charge >= 0.3 is 6.03 Å². The lowest BCUT2D eigenvalue weighted by molar-refractivity contribution is -0.132. The molecule has 1 aliphatic heterocycles. The van der Waals surface area contributed by atoms with Crippen molar-refractivity contribution in [1.82, 2.24) is 35.8 Å². The third kappa shape index (κ3) is 18.4. The van der Waals surface area contributed by atoms with E-state index in [4.69, 9.17) is 15.2 Å². The van der Waals surface area contributed by atoms with Crippen molar-refractivity contribution >= 4 is 29.4 Å². The fourth-order valence-corrected chi connectivity index (χ4v) is 6.47. The molecule has 15 heteroatoms. The van der Waals surface area contributed by atoms with Gasteiger partial charge in [0.05, 0.1) is 38.2 Å². The summed E-state index contributed by atoms with van der Waals surface area (Å²) in [5.74, 6) is -0.0988. The van der Waals surface area contributed by atoms with E-state index in [-0.39, 0.29) is 30.9 Å². The van der Waals surface area contributed by atoms with Crippen molar-refractivity contribution in [2.24, 2.45) is 23.5 Å². The van der Waals surface area contributed by atoms with E-state index < -0.39 is 29.9 Å². The molecule has 0 bridgehead atoms. The Kier molecular flexibility index (Phi) is 20.1. The number of ether oxygens (including phenoxy) is 2. The minimum atomic E-state index is -0.899. The Hall–Kier alpha value is -4.08. The zero-order chi connectivity index (χ0) is 40.2. The first-order valence-corrected chi connectivity index (χ1v) is 20.1. The van der Waals surface area contributed by atoms with E-state index in [1.54, 1.807) is 12.1 Å². The zero-order valence-electron chi connectivity index (χ0n) is 34.0. The second kappa shape index (κ2) is 24.4. The molecule has 2 atom stereocenters. The van der Waals surface area contributed by atoms with Crippen LogP contribution < -0.4 is 27.0 Å². The number of urea groups is 1. The summed E-state index contributed by atoms with van der Waals surface area (Å²) in [6.07, 6.45) is 7.90. The number of carbonyl (C=O) groups is 4. The second-order valence-electron chi connectivity index (χ2n) is 15.7. The molecule has 0 saturated carbocycles. The van der Waals surface area contributed by atoms with Gasteiger partial charge in [0.25, 0.3) is 0 Å².